The number of benzene rings is 2. The molecule has 0 unspecified atom stereocenters. The summed E-state index contributed by atoms with van der Waals surface area (Å²) in [6.45, 7) is 3.02. The van der Waals surface area contributed by atoms with Crippen LogP contribution in [0.1, 0.15) is 34.0 Å². The zero-order chi connectivity index (χ0) is 22.2. The molecular formula is C25H28N2O4. The Balaban J connectivity index is 1.96. The van der Waals surface area contributed by atoms with Gasteiger partial charge in [-0.15, -0.1) is 0 Å². The Bertz CT molecular complexity index is 979. The van der Waals surface area contributed by atoms with Crippen molar-refractivity contribution in [1.82, 2.24) is 9.88 Å². The third-order valence-electron chi connectivity index (χ3n) is 5.10. The molecule has 0 atom stereocenters. The summed E-state index contributed by atoms with van der Waals surface area (Å²) in [5, 5.41) is 0. The second kappa shape index (κ2) is 10.5. The van der Waals surface area contributed by atoms with Gasteiger partial charge in [0.2, 0.25) is 5.75 Å². The van der Waals surface area contributed by atoms with Crippen LogP contribution >= 0.6 is 0 Å². The summed E-state index contributed by atoms with van der Waals surface area (Å²) in [6, 6.07) is 15.5. The smallest absolute Gasteiger partial charge is 0.254 e. The van der Waals surface area contributed by atoms with E-state index in [0.29, 0.717) is 35.9 Å². The topological polar surface area (TPSA) is 60.9 Å². The monoisotopic (exact) mass is 420 g/mol. The molecular weight excluding hydrogens is 392 g/mol. The molecule has 0 aliphatic heterocycles. The second-order valence-corrected chi connectivity index (χ2v) is 7.11. The van der Waals surface area contributed by atoms with Crippen molar-refractivity contribution in [2.75, 3.05) is 21.3 Å². The maximum Gasteiger partial charge on any atom is 0.254 e. The molecule has 1 heterocycles. The first kappa shape index (κ1) is 22.2. The molecule has 0 saturated heterocycles. The van der Waals surface area contributed by atoms with Gasteiger partial charge >= 0.3 is 0 Å². The average Bonchev–Trinajstić information content (AvgIpc) is 2.83. The van der Waals surface area contributed by atoms with E-state index < -0.39 is 0 Å². The lowest BCUT2D eigenvalue weighted by atomic mass is 10.1. The van der Waals surface area contributed by atoms with Crippen LogP contribution in [0.25, 0.3) is 0 Å². The summed E-state index contributed by atoms with van der Waals surface area (Å²) in [4.78, 5) is 19.5. The SMILES string of the molecule is CCc1ccc(CN(Cc2cccnc2)C(=O)c2cc(OC)c(OC)c(OC)c2)cc1. The molecule has 0 bridgehead atoms. The first-order valence-electron chi connectivity index (χ1n) is 10.2. The third-order valence-corrected chi connectivity index (χ3v) is 5.10. The van der Waals surface area contributed by atoms with E-state index >= 15 is 0 Å². The molecule has 2 aromatic carbocycles. The summed E-state index contributed by atoms with van der Waals surface area (Å²) in [5.41, 5.74) is 3.73. The highest BCUT2D eigenvalue weighted by atomic mass is 16.5. The van der Waals surface area contributed by atoms with E-state index in [-0.39, 0.29) is 5.91 Å². The van der Waals surface area contributed by atoms with E-state index in [0.717, 1.165) is 17.5 Å². The van der Waals surface area contributed by atoms with Crippen molar-refractivity contribution in [3.63, 3.8) is 0 Å². The lowest BCUT2D eigenvalue weighted by Gasteiger charge is -2.24. The molecule has 162 valence electrons. The predicted octanol–water partition coefficient (Wildman–Crippen LogP) is 4.51. The molecule has 0 spiro atoms. The van der Waals surface area contributed by atoms with Gasteiger partial charge in [-0.2, -0.15) is 0 Å². The summed E-state index contributed by atoms with van der Waals surface area (Å²) >= 11 is 0. The number of aryl methyl sites for hydroxylation is 1. The van der Waals surface area contributed by atoms with Crippen molar-refractivity contribution in [3.05, 3.63) is 83.2 Å². The fraction of sp³-hybridized carbons (Fsp3) is 0.280. The van der Waals surface area contributed by atoms with E-state index in [2.05, 4.69) is 36.2 Å². The molecule has 0 N–H and O–H groups in total. The number of carbonyl (C=O) groups excluding carboxylic acids is 1. The Hall–Kier alpha value is -3.54. The highest BCUT2D eigenvalue weighted by Gasteiger charge is 2.22. The summed E-state index contributed by atoms with van der Waals surface area (Å²) in [5.74, 6) is 1.20. The van der Waals surface area contributed by atoms with Crippen LogP contribution in [0.4, 0.5) is 0 Å². The predicted molar refractivity (Wildman–Crippen MR) is 120 cm³/mol. The number of aromatic nitrogens is 1. The molecule has 6 heteroatoms. The minimum absolute atomic E-state index is 0.136. The van der Waals surface area contributed by atoms with Crippen molar-refractivity contribution in [3.8, 4) is 17.2 Å². The van der Waals surface area contributed by atoms with Crippen LogP contribution in [0, 0.1) is 0 Å². The molecule has 1 amide bonds. The van der Waals surface area contributed by atoms with Crippen molar-refractivity contribution < 1.29 is 19.0 Å². The van der Waals surface area contributed by atoms with Gasteiger partial charge in [-0.25, -0.2) is 0 Å². The summed E-state index contributed by atoms with van der Waals surface area (Å²) < 4.78 is 16.2. The molecule has 0 radical (unpaired) electrons. The summed E-state index contributed by atoms with van der Waals surface area (Å²) in [6.07, 6.45) is 4.47. The Labute approximate surface area is 183 Å². The third kappa shape index (κ3) is 5.34. The average molecular weight is 421 g/mol. The van der Waals surface area contributed by atoms with Gasteiger partial charge in [-0.1, -0.05) is 37.3 Å². The van der Waals surface area contributed by atoms with Gasteiger partial charge in [-0.05, 0) is 41.3 Å². The van der Waals surface area contributed by atoms with Gasteiger partial charge < -0.3 is 19.1 Å². The Morgan fingerprint density at radius 1 is 0.871 bits per heavy atom. The molecule has 3 rings (SSSR count). The number of ether oxygens (including phenoxy) is 3. The van der Waals surface area contributed by atoms with Gasteiger partial charge in [0, 0.05) is 31.0 Å². The molecule has 0 aliphatic carbocycles. The van der Waals surface area contributed by atoms with Crippen molar-refractivity contribution >= 4 is 5.91 Å². The molecule has 0 fully saturated rings. The lowest BCUT2D eigenvalue weighted by Crippen LogP contribution is -2.30. The number of nitrogens with zero attached hydrogens (tertiary/aromatic N) is 2. The Kier molecular flexibility index (Phi) is 7.49. The van der Waals surface area contributed by atoms with Gasteiger partial charge in [0.05, 0.1) is 21.3 Å². The van der Waals surface area contributed by atoms with Gasteiger partial charge in [0.1, 0.15) is 0 Å². The summed E-state index contributed by atoms with van der Waals surface area (Å²) in [7, 11) is 4.61. The van der Waals surface area contributed by atoms with E-state index in [1.807, 2.05) is 12.1 Å². The van der Waals surface area contributed by atoms with Gasteiger partial charge in [-0.3, -0.25) is 9.78 Å². The largest absolute Gasteiger partial charge is 0.493 e. The van der Waals surface area contributed by atoms with Gasteiger partial charge in [0.15, 0.2) is 11.5 Å². The quantitative estimate of drug-likeness (QED) is 0.510. The highest BCUT2D eigenvalue weighted by molar-refractivity contribution is 5.95. The molecule has 3 aromatic rings. The number of rotatable bonds is 9. The molecule has 0 saturated carbocycles. The number of hydrogen-bond acceptors (Lipinski definition) is 5. The van der Waals surface area contributed by atoms with Crippen LogP contribution in [0.15, 0.2) is 60.9 Å². The minimum Gasteiger partial charge on any atom is -0.493 e. The minimum atomic E-state index is -0.136. The maximum atomic E-state index is 13.6. The van der Waals surface area contributed by atoms with E-state index in [1.165, 1.54) is 26.9 Å². The molecule has 31 heavy (non-hydrogen) atoms. The van der Waals surface area contributed by atoms with Crippen molar-refractivity contribution in [2.24, 2.45) is 0 Å². The normalized spacial score (nSPS) is 10.5. The standard InChI is InChI=1S/C25H28N2O4/c1-5-18-8-10-19(11-9-18)16-27(17-20-7-6-12-26-15-20)25(28)21-13-22(29-2)24(31-4)23(14-21)30-3/h6-15H,5,16-17H2,1-4H3. The lowest BCUT2D eigenvalue weighted by molar-refractivity contribution is 0.0729. The Morgan fingerprint density at radius 3 is 2.00 bits per heavy atom. The van der Waals surface area contributed by atoms with E-state index in [9.17, 15) is 4.79 Å². The number of carbonyl (C=O) groups is 1. The fourth-order valence-corrected chi connectivity index (χ4v) is 3.40. The van der Waals surface area contributed by atoms with Crippen molar-refractivity contribution in [2.45, 2.75) is 26.4 Å². The molecule has 0 aliphatic rings. The van der Waals surface area contributed by atoms with Crippen LogP contribution < -0.4 is 14.2 Å². The van der Waals surface area contributed by atoms with Crippen molar-refractivity contribution in [1.29, 1.82) is 0 Å². The second-order valence-electron chi connectivity index (χ2n) is 7.11. The first-order valence-corrected chi connectivity index (χ1v) is 10.2. The first-order chi connectivity index (χ1) is 15.1. The highest BCUT2D eigenvalue weighted by Crippen LogP contribution is 2.38. The van der Waals surface area contributed by atoms with E-state index in [4.69, 9.17) is 14.2 Å². The fourth-order valence-electron chi connectivity index (χ4n) is 3.40. The number of pyridine rings is 1. The van der Waals surface area contributed by atoms with Crippen LogP contribution in [0.5, 0.6) is 17.2 Å². The van der Waals surface area contributed by atoms with Crippen LogP contribution in [0.3, 0.4) is 0 Å². The maximum absolute atomic E-state index is 13.6. The van der Waals surface area contributed by atoms with Gasteiger partial charge in [0.25, 0.3) is 5.91 Å². The number of hydrogen-bond donors (Lipinski definition) is 0. The molecule has 6 nitrogen and oxygen atoms in total. The number of amides is 1. The van der Waals surface area contributed by atoms with Crippen LogP contribution in [-0.4, -0.2) is 37.1 Å². The molecule has 1 aromatic heterocycles. The van der Waals surface area contributed by atoms with E-state index in [1.54, 1.807) is 29.4 Å². The zero-order valence-corrected chi connectivity index (χ0v) is 18.4. The zero-order valence-electron chi connectivity index (χ0n) is 18.4. The Morgan fingerprint density at radius 2 is 1.48 bits per heavy atom. The van der Waals surface area contributed by atoms with Crippen LogP contribution in [0.2, 0.25) is 0 Å². The number of methoxy groups -OCH3 is 3. The van der Waals surface area contributed by atoms with Crippen LogP contribution in [-0.2, 0) is 19.5 Å².